The summed E-state index contributed by atoms with van der Waals surface area (Å²) < 4.78 is 5.09. The normalized spacial score (nSPS) is 25.9. The molecule has 0 aromatic carbocycles. The van der Waals surface area contributed by atoms with Crippen LogP contribution in [0, 0.1) is 0 Å². The van der Waals surface area contributed by atoms with Crippen molar-refractivity contribution in [2.45, 2.75) is 12.2 Å². The van der Waals surface area contributed by atoms with Gasteiger partial charge in [0.05, 0.1) is 7.11 Å². The van der Waals surface area contributed by atoms with Crippen LogP contribution in [0.2, 0.25) is 0 Å². The van der Waals surface area contributed by atoms with Crippen molar-refractivity contribution in [1.82, 2.24) is 0 Å². The molecule has 0 saturated heterocycles. The Labute approximate surface area is 89.4 Å². The highest BCUT2D eigenvalue weighted by atomic mass is 17.2. The van der Waals surface area contributed by atoms with Crippen LogP contribution in [0.25, 0.3) is 0 Å². The Hall–Kier alpha value is -0.940. The van der Waals surface area contributed by atoms with Gasteiger partial charge >= 0.3 is 0 Å². The highest BCUT2D eigenvalue weighted by Crippen LogP contribution is 2.14. The predicted molar refractivity (Wildman–Crippen MR) is 56.1 cm³/mol. The van der Waals surface area contributed by atoms with Crippen LogP contribution >= 0.6 is 0 Å². The Bertz CT molecular complexity index is 268. The third-order valence-electron chi connectivity index (χ3n) is 2.04. The maximum absolute atomic E-state index is 9.47. The molecular formula is C11H16O4. The lowest BCUT2D eigenvalue weighted by Gasteiger charge is -2.19. The second kappa shape index (κ2) is 6.53. The van der Waals surface area contributed by atoms with Gasteiger partial charge in [-0.05, 0) is 11.6 Å². The summed E-state index contributed by atoms with van der Waals surface area (Å²) in [5.74, 6) is 0. The summed E-state index contributed by atoms with van der Waals surface area (Å²) in [7, 11) is 3.03. The van der Waals surface area contributed by atoms with Gasteiger partial charge in [0.1, 0.15) is 18.8 Å². The maximum Gasteiger partial charge on any atom is 0.106 e. The van der Waals surface area contributed by atoms with E-state index in [2.05, 4.69) is 9.78 Å². The van der Waals surface area contributed by atoms with Crippen LogP contribution in [-0.2, 0) is 14.5 Å². The van der Waals surface area contributed by atoms with Gasteiger partial charge < -0.3 is 9.84 Å². The summed E-state index contributed by atoms with van der Waals surface area (Å²) in [4.78, 5) is 9.12. The largest absolute Gasteiger partial charge is 0.386 e. The Morgan fingerprint density at radius 3 is 2.93 bits per heavy atom. The van der Waals surface area contributed by atoms with Crippen LogP contribution in [0.4, 0.5) is 0 Å². The first-order valence-corrected chi connectivity index (χ1v) is 4.71. The summed E-state index contributed by atoms with van der Waals surface area (Å²) in [6.45, 7) is 0.391. The van der Waals surface area contributed by atoms with Crippen LogP contribution in [0.3, 0.4) is 0 Å². The van der Waals surface area contributed by atoms with E-state index >= 15 is 0 Å². The van der Waals surface area contributed by atoms with Crippen molar-refractivity contribution in [2.75, 3.05) is 20.8 Å². The average molecular weight is 212 g/mol. The van der Waals surface area contributed by atoms with Crippen molar-refractivity contribution in [2.24, 2.45) is 0 Å². The fourth-order valence-corrected chi connectivity index (χ4v) is 1.27. The lowest BCUT2D eigenvalue weighted by atomic mass is 10.0. The molecule has 0 aliphatic heterocycles. The van der Waals surface area contributed by atoms with Crippen molar-refractivity contribution < 1.29 is 19.6 Å². The molecule has 2 atom stereocenters. The second-order valence-corrected chi connectivity index (χ2v) is 3.07. The van der Waals surface area contributed by atoms with E-state index in [0.29, 0.717) is 6.61 Å². The number of methoxy groups -OCH3 is 1. The number of hydrogen-bond acceptors (Lipinski definition) is 4. The molecule has 0 unspecified atom stereocenters. The summed E-state index contributed by atoms with van der Waals surface area (Å²) in [6, 6.07) is 0. The topological polar surface area (TPSA) is 47.9 Å². The van der Waals surface area contributed by atoms with Crippen molar-refractivity contribution in [1.29, 1.82) is 0 Å². The molecule has 84 valence electrons. The molecule has 0 fully saturated rings. The Kier molecular flexibility index (Phi) is 5.28. The fourth-order valence-electron chi connectivity index (χ4n) is 1.27. The smallest absolute Gasteiger partial charge is 0.106 e. The van der Waals surface area contributed by atoms with Gasteiger partial charge in [0.15, 0.2) is 0 Å². The molecule has 0 amide bonds. The summed E-state index contributed by atoms with van der Waals surface area (Å²) >= 11 is 0. The van der Waals surface area contributed by atoms with Crippen molar-refractivity contribution in [3.63, 3.8) is 0 Å². The van der Waals surface area contributed by atoms with Gasteiger partial charge in [-0.1, -0.05) is 24.3 Å². The van der Waals surface area contributed by atoms with Crippen molar-refractivity contribution >= 4 is 0 Å². The van der Waals surface area contributed by atoms with Gasteiger partial charge in [0.2, 0.25) is 0 Å². The molecule has 0 aromatic rings. The van der Waals surface area contributed by atoms with Gasteiger partial charge in [0.25, 0.3) is 0 Å². The van der Waals surface area contributed by atoms with Gasteiger partial charge in [-0.25, -0.2) is 9.78 Å². The van der Waals surface area contributed by atoms with E-state index in [9.17, 15) is 5.11 Å². The zero-order valence-corrected chi connectivity index (χ0v) is 8.92. The van der Waals surface area contributed by atoms with E-state index in [1.165, 1.54) is 7.11 Å². The van der Waals surface area contributed by atoms with E-state index in [4.69, 9.17) is 4.74 Å². The average Bonchev–Trinajstić information content (AvgIpc) is 2.26. The zero-order chi connectivity index (χ0) is 11.1. The van der Waals surface area contributed by atoms with Crippen LogP contribution in [-0.4, -0.2) is 38.1 Å². The summed E-state index contributed by atoms with van der Waals surface area (Å²) in [5.41, 5.74) is 0.979. The molecular weight excluding hydrogens is 196 g/mol. The van der Waals surface area contributed by atoms with Crippen LogP contribution in [0.15, 0.2) is 36.0 Å². The van der Waals surface area contributed by atoms with E-state index in [0.717, 1.165) is 5.57 Å². The lowest BCUT2D eigenvalue weighted by Crippen LogP contribution is -2.26. The number of aliphatic hydroxyl groups is 1. The molecule has 0 radical (unpaired) electrons. The predicted octanol–water partition coefficient (Wildman–Crippen LogP) is 0.993. The fraction of sp³-hybridized carbons (Fsp3) is 0.455. The van der Waals surface area contributed by atoms with Crippen LogP contribution in [0.1, 0.15) is 0 Å². The van der Waals surface area contributed by atoms with Gasteiger partial charge in [-0.15, -0.1) is 0 Å². The van der Waals surface area contributed by atoms with Gasteiger partial charge in [0, 0.05) is 7.11 Å². The third-order valence-corrected chi connectivity index (χ3v) is 2.04. The minimum Gasteiger partial charge on any atom is -0.386 e. The van der Waals surface area contributed by atoms with Crippen molar-refractivity contribution in [3.05, 3.63) is 36.0 Å². The zero-order valence-electron chi connectivity index (χ0n) is 8.92. The van der Waals surface area contributed by atoms with E-state index < -0.39 is 6.10 Å². The Balaban J connectivity index is 2.48. The summed E-state index contributed by atoms with van der Waals surface area (Å²) in [6.07, 6.45) is 8.25. The minimum atomic E-state index is -0.567. The molecule has 0 heterocycles. The second-order valence-electron chi connectivity index (χ2n) is 3.07. The Morgan fingerprint density at radius 2 is 2.27 bits per heavy atom. The van der Waals surface area contributed by atoms with Gasteiger partial charge in [-0.2, -0.15) is 0 Å². The highest BCUT2D eigenvalue weighted by molar-refractivity contribution is 5.36. The van der Waals surface area contributed by atoms with Crippen molar-refractivity contribution in [3.8, 4) is 0 Å². The molecule has 1 aliphatic rings. The minimum absolute atomic E-state index is 0.280. The standard InChI is InChI=1S/C11H16O4/c1-13-11-8-9(5-6-10(11)12)4-3-7-15-14-2/h3-6,8,10-12H,7H2,1-2H3/b4-3+/t10-,11-/m1/s1. The molecule has 1 N–H and O–H groups in total. The molecule has 0 aromatic heterocycles. The first kappa shape index (κ1) is 12.1. The highest BCUT2D eigenvalue weighted by Gasteiger charge is 2.16. The summed E-state index contributed by atoms with van der Waals surface area (Å²) in [5, 5.41) is 9.47. The number of hydrogen-bond donors (Lipinski definition) is 1. The monoisotopic (exact) mass is 212 g/mol. The molecule has 15 heavy (non-hydrogen) atoms. The number of allylic oxidation sites excluding steroid dienone is 3. The first-order valence-electron chi connectivity index (χ1n) is 4.71. The first-order chi connectivity index (χ1) is 7.27. The molecule has 1 rings (SSSR count). The molecule has 4 nitrogen and oxygen atoms in total. The SMILES string of the molecule is COOC/C=C/C1=C[C@@H](OC)[C@H](O)C=C1. The maximum atomic E-state index is 9.47. The number of aliphatic hydroxyl groups excluding tert-OH is 1. The quantitative estimate of drug-likeness (QED) is 0.419. The lowest BCUT2D eigenvalue weighted by molar-refractivity contribution is -0.263. The molecule has 0 saturated carbocycles. The van der Waals surface area contributed by atoms with Crippen LogP contribution < -0.4 is 0 Å². The number of ether oxygens (including phenoxy) is 1. The number of rotatable bonds is 5. The molecule has 0 bridgehead atoms. The molecule has 1 aliphatic carbocycles. The van der Waals surface area contributed by atoms with Crippen LogP contribution in [0.5, 0.6) is 0 Å². The van der Waals surface area contributed by atoms with Gasteiger partial charge in [-0.3, -0.25) is 0 Å². The molecule has 0 spiro atoms. The van der Waals surface area contributed by atoms with E-state index in [1.807, 2.05) is 24.3 Å². The third kappa shape index (κ3) is 3.97. The molecule has 4 heteroatoms. The van der Waals surface area contributed by atoms with E-state index in [1.54, 1.807) is 13.2 Å². The van der Waals surface area contributed by atoms with E-state index in [-0.39, 0.29) is 6.10 Å². The Morgan fingerprint density at radius 1 is 1.47 bits per heavy atom.